The standard InChI is InChI=1S/C14H22N2O/c1-14(2)7-8-16(10-14)9-13(17)11-5-3-4-6-12(11)15/h3-6,13,17H,7-10,15H2,1-2H3. The van der Waals surface area contributed by atoms with Crippen molar-refractivity contribution >= 4 is 5.69 Å². The van der Waals surface area contributed by atoms with Crippen LogP contribution in [0, 0.1) is 5.41 Å². The van der Waals surface area contributed by atoms with Gasteiger partial charge >= 0.3 is 0 Å². The molecule has 1 aromatic carbocycles. The lowest BCUT2D eigenvalue weighted by Gasteiger charge is -2.23. The lowest BCUT2D eigenvalue weighted by Crippen LogP contribution is -2.28. The highest BCUT2D eigenvalue weighted by Crippen LogP contribution is 2.30. The summed E-state index contributed by atoms with van der Waals surface area (Å²) in [5, 5.41) is 10.2. The van der Waals surface area contributed by atoms with Crippen molar-refractivity contribution in [1.82, 2.24) is 4.90 Å². The van der Waals surface area contributed by atoms with Gasteiger partial charge in [-0.15, -0.1) is 0 Å². The number of aliphatic hydroxyl groups is 1. The summed E-state index contributed by atoms with van der Waals surface area (Å²) in [5.41, 5.74) is 7.77. The Morgan fingerprint density at radius 1 is 1.41 bits per heavy atom. The lowest BCUT2D eigenvalue weighted by molar-refractivity contribution is 0.121. The van der Waals surface area contributed by atoms with Gasteiger partial charge in [0.1, 0.15) is 0 Å². The quantitative estimate of drug-likeness (QED) is 0.787. The first-order chi connectivity index (χ1) is 7.98. The maximum atomic E-state index is 10.2. The Balaban J connectivity index is 1.99. The molecule has 1 saturated heterocycles. The minimum absolute atomic E-state index is 0.377. The molecule has 0 aliphatic carbocycles. The van der Waals surface area contributed by atoms with Gasteiger partial charge in [0, 0.05) is 24.3 Å². The van der Waals surface area contributed by atoms with Gasteiger partial charge in [-0.05, 0) is 24.4 Å². The SMILES string of the molecule is CC1(C)CCN(CC(O)c2ccccc2N)C1. The molecule has 1 heterocycles. The van der Waals surface area contributed by atoms with Gasteiger partial charge < -0.3 is 10.8 Å². The zero-order chi connectivity index (χ0) is 12.5. The van der Waals surface area contributed by atoms with Crippen LogP contribution >= 0.6 is 0 Å². The number of hydrogen-bond acceptors (Lipinski definition) is 3. The van der Waals surface area contributed by atoms with Crippen molar-refractivity contribution in [2.24, 2.45) is 5.41 Å². The molecule has 0 aromatic heterocycles. The summed E-state index contributed by atoms with van der Waals surface area (Å²) in [7, 11) is 0. The third-order valence-electron chi connectivity index (χ3n) is 3.54. The van der Waals surface area contributed by atoms with Gasteiger partial charge in [-0.3, -0.25) is 4.90 Å². The summed E-state index contributed by atoms with van der Waals surface area (Å²) in [6, 6.07) is 7.56. The van der Waals surface area contributed by atoms with Crippen LogP contribution in [0.1, 0.15) is 31.9 Å². The van der Waals surface area contributed by atoms with Crippen LogP contribution < -0.4 is 5.73 Å². The maximum Gasteiger partial charge on any atom is 0.0936 e. The molecule has 0 amide bonds. The van der Waals surface area contributed by atoms with Gasteiger partial charge in [0.15, 0.2) is 0 Å². The second-order valence-corrected chi connectivity index (χ2v) is 5.79. The molecule has 1 atom stereocenters. The van der Waals surface area contributed by atoms with Crippen LogP contribution in [0.2, 0.25) is 0 Å². The normalized spacial score (nSPS) is 21.6. The van der Waals surface area contributed by atoms with E-state index in [0.717, 1.165) is 18.7 Å². The molecule has 17 heavy (non-hydrogen) atoms. The van der Waals surface area contributed by atoms with Gasteiger partial charge in [-0.2, -0.15) is 0 Å². The van der Waals surface area contributed by atoms with E-state index in [4.69, 9.17) is 5.73 Å². The maximum absolute atomic E-state index is 10.2. The van der Waals surface area contributed by atoms with E-state index in [2.05, 4.69) is 18.7 Å². The van der Waals surface area contributed by atoms with Gasteiger partial charge in [-0.1, -0.05) is 32.0 Å². The predicted molar refractivity (Wildman–Crippen MR) is 70.7 cm³/mol. The minimum Gasteiger partial charge on any atom is -0.398 e. The lowest BCUT2D eigenvalue weighted by atomic mass is 9.93. The summed E-state index contributed by atoms with van der Waals surface area (Å²) >= 11 is 0. The largest absolute Gasteiger partial charge is 0.398 e. The molecule has 1 aromatic rings. The number of benzene rings is 1. The van der Waals surface area contributed by atoms with Gasteiger partial charge in [-0.25, -0.2) is 0 Å². The topological polar surface area (TPSA) is 49.5 Å². The van der Waals surface area contributed by atoms with E-state index in [1.807, 2.05) is 24.3 Å². The van der Waals surface area contributed by atoms with E-state index in [1.54, 1.807) is 0 Å². The molecular formula is C14H22N2O. The Kier molecular flexibility index (Phi) is 3.40. The molecule has 94 valence electrons. The summed E-state index contributed by atoms with van der Waals surface area (Å²) < 4.78 is 0. The number of β-amino-alcohol motifs (C(OH)–C–C–N with tert-alkyl or cyclic N) is 1. The molecule has 1 aliphatic rings. The molecular weight excluding hydrogens is 212 g/mol. The van der Waals surface area contributed by atoms with E-state index in [9.17, 15) is 5.11 Å². The fraction of sp³-hybridized carbons (Fsp3) is 0.571. The molecule has 0 saturated carbocycles. The van der Waals surface area contributed by atoms with Crippen molar-refractivity contribution in [2.75, 3.05) is 25.4 Å². The molecule has 0 radical (unpaired) electrons. The van der Waals surface area contributed by atoms with Crippen LogP contribution in [-0.4, -0.2) is 29.6 Å². The predicted octanol–water partition coefficient (Wildman–Crippen LogP) is 2.03. The van der Waals surface area contributed by atoms with Crippen LogP contribution in [0.25, 0.3) is 0 Å². The Morgan fingerprint density at radius 3 is 2.71 bits per heavy atom. The third kappa shape index (κ3) is 2.99. The number of para-hydroxylation sites is 1. The van der Waals surface area contributed by atoms with Crippen molar-refractivity contribution in [3.8, 4) is 0 Å². The zero-order valence-corrected chi connectivity index (χ0v) is 10.7. The Bertz CT molecular complexity index is 390. The number of nitrogens with zero attached hydrogens (tertiary/aromatic N) is 1. The van der Waals surface area contributed by atoms with Crippen LogP contribution in [0.4, 0.5) is 5.69 Å². The Labute approximate surface area is 103 Å². The molecule has 3 heteroatoms. The molecule has 3 N–H and O–H groups in total. The van der Waals surface area contributed by atoms with Crippen LogP contribution in [-0.2, 0) is 0 Å². The Hall–Kier alpha value is -1.06. The molecule has 1 aliphatic heterocycles. The first-order valence-electron chi connectivity index (χ1n) is 6.23. The van der Waals surface area contributed by atoms with E-state index < -0.39 is 6.10 Å². The average molecular weight is 234 g/mol. The summed E-state index contributed by atoms with van der Waals surface area (Å²) in [6.45, 7) is 7.34. The highest BCUT2D eigenvalue weighted by Gasteiger charge is 2.30. The van der Waals surface area contributed by atoms with Gasteiger partial charge in [0.05, 0.1) is 6.10 Å². The van der Waals surface area contributed by atoms with Crippen LogP contribution in [0.5, 0.6) is 0 Å². The third-order valence-corrected chi connectivity index (χ3v) is 3.54. The molecule has 3 nitrogen and oxygen atoms in total. The van der Waals surface area contributed by atoms with E-state index in [-0.39, 0.29) is 0 Å². The minimum atomic E-state index is -0.481. The van der Waals surface area contributed by atoms with E-state index >= 15 is 0 Å². The van der Waals surface area contributed by atoms with E-state index in [1.165, 1.54) is 6.42 Å². The number of rotatable bonds is 3. The second kappa shape index (κ2) is 4.67. The highest BCUT2D eigenvalue weighted by atomic mass is 16.3. The van der Waals surface area contributed by atoms with Crippen molar-refractivity contribution in [3.05, 3.63) is 29.8 Å². The smallest absolute Gasteiger partial charge is 0.0936 e. The number of nitrogens with two attached hydrogens (primary N) is 1. The van der Waals surface area contributed by atoms with Crippen molar-refractivity contribution in [2.45, 2.75) is 26.4 Å². The number of nitrogen functional groups attached to an aromatic ring is 1. The fourth-order valence-electron chi connectivity index (χ4n) is 2.54. The zero-order valence-electron chi connectivity index (χ0n) is 10.7. The molecule has 2 rings (SSSR count). The van der Waals surface area contributed by atoms with Crippen LogP contribution in [0.3, 0.4) is 0 Å². The van der Waals surface area contributed by atoms with Crippen LogP contribution in [0.15, 0.2) is 24.3 Å². The Morgan fingerprint density at radius 2 is 2.12 bits per heavy atom. The van der Waals surface area contributed by atoms with Crippen molar-refractivity contribution in [3.63, 3.8) is 0 Å². The average Bonchev–Trinajstić information content (AvgIpc) is 2.58. The monoisotopic (exact) mass is 234 g/mol. The first kappa shape index (κ1) is 12.4. The number of aliphatic hydroxyl groups excluding tert-OH is 1. The number of anilines is 1. The second-order valence-electron chi connectivity index (χ2n) is 5.79. The molecule has 0 bridgehead atoms. The van der Waals surface area contributed by atoms with Gasteiger partial charge in [0.2, 0.25) is 0 Å². The summed E-state index contributed by atoms with van der Waals surface area (Å²) in [4.78, 5) is 2.32. The molecule has 1 unspecified atom stereocenters. The number of likely N-dealkylation sites (tertiary alicyclic amines) is 1. The van der Waals surface area contributed by atoms with Gasteiger partial charge in [0.25, 0.3) is 0 Å². The molecule has 0 spiro atoms. The van der Waals surface area contributed by atoms with Crippen molar-refractivity contribution in [1.29, 1.82) is 0 Å². The highest BCUT2D eigenvalue weighted by molar-refractivity contribution is 5.47. The first-order valence-corrected chi connectivity index (χ1v) is 6.23. The fourth-order valence-corrected chi connectivity index (χ4v) is 2.54. The summed E-state index contributed by atoms with van der Waals surface area (Å²) in [6.07, 6.45) is 0.717. The van der Waals surface area contributed by atoms with Crippen molar-refractivity contribution < 1.29 is 5.11 Å². The van der Waals surface area contributed by atoms with E-state index in [0.29, 0.717) is 17.6 Å². The number of hydrogen-bond donors (Lipinski definition) is 2. The summed E-state index contributed by atoms with van der Waals surface area (Å²) in [5.74, 6) is 0. The molecule has 1 fully saturated rings.